The molecule has 2 aromatic rings. The Morgan fingerprint density at radius 3 is 2.52 bits per heavy atom. The molecule has 1 aliphatic heterocycles. The fourth-order valence-corrected chi connectivity index (χ4v) is 2.12. The molecule has 6 nitrogen and oxygen atoms in total. The van der Waals surface area contributed by atoms with E-state index in [9.17, 15) is 18.8 Å². The Bertz CT molecular complexity index is 768. The van der Waals surface area contributed by atoms with Crippen LogP contribution in [-0.4, -0.2) is 27.9 Å². The predicted molar refractivity (Wildman–Crippen MR) is 68.7 cm³/mol. The number of rotatable bonds is 2. The van der Waals surface area contributed by atoms with Gasteiger partial charge in [-0.15, -0.1) is 0 Å². The van der Waals surface area contributed by atoms with E-state index in [0.29, 0.717) is 4.90 Å². The molecule has 2 heterocycles. The molecule has 1 aromatic heterocycles. The maximum atomic E-state index is 13.9. The molecule has 0 saturated heterocycles. The van der Waals surface area contributed by atoms with Gasteiger partial charge in [0, 0.05) is 12.4 Å². The summed E-state index contributed by atoms with van der Waals surface area (Å²) in [5.74, 6) is -3.58. The molecule has 3 rings (SSSR count). The normalized spacial score (nSPS) is 13.5. The third-order valence-electron chi connectivity index (χ3n) is 3.12. The number of hydrogen-bond acceptors (Lipinski definition) is 4. The molecule has 2 amide bonds. The smallest absolute Gasteiger partial charge is 0.335 e. The van der Waals surface area contributed by atoms with Crippen LogP contribution >= 0.6 is 0 Å². The molecule has 0 spiro atoms. The number of halogens is 1. The number of aromatic nitrogens is 1. The number of anilines is 1. The van der Waals surface area contributed by atoms with E-state index in [0.717, 1.165) is 18.2 Å². The number of nitrogens with zero attached hydrogens (tertiary/aromatic N) is 2. The van der Waals surface area contributed by atoms with Crippen molar-refractivity contribution in [3.63, 3.8) is 0 Å². The number of carboxylic acid groups (broad SMARTS) is 1. The summed E-state index contributed by atoms with van der Waals surface area (Å²) >= 11 is 0. The third-order valence-corrected chi connectivity index (χ3v) is 3.12. The third kappa shape index (κ3) is 1.86. The van der Waals surface area contributed by atoms with E-state index in [2.05, 4.69) is 4.98 Å². The predicted octanol–water partition coefficient (Wildman–Crippen LogP) is 1.72. The number of aromatic carboxylic acids is 1. The zero-order valence-corrected chi connectivity index (χ0v) is 10.4. The van der Waals surface area contributed by atoms with Crippen LogP contribution in [-0.2, 0) is 0 Å². The molecule has 1 N–H and O–H groups in total. The van der Waals surface area contributed by atoms with Gasteiger partial charge < -0.3 is 5.11 Å². The molecule has 0 radical (unpaired) electrons. The highest BCUT2D eigenvalue weighted by atomic mass is 19.1. The van der Waals surface area contributed by atoms with E-state index < -0.39 is 23.6 Å². The first-order valence-corrected chi connectivity index (χ1v) is 5.86. The minimum atomic E-state index is -1.28. The largest absolute Gasteiger partial charge is 0.478 e. The van der Waals surface area contributed by atoms with Crippen LogP contribution in [0.1, 0.15) is 31.1 Å². The second-order valence-electron chi connectivity index (χ2n) is 4.34. The van der Waals surface area contributed by atoms with E-state index in [4.69, 9.17) is 5.11 Å². The molecule has 0 unspecified atom stereocenters. The van der Waals surface area contributed by atoms with Crippen LogP contribution < -0.4 is 4.90 Å². The Hall–Kier alpha value is -3.09. The van der Waals surface area contributed by atoms with E-state index in [1.54, 1.807) is 0 Å². The number of amides is 2. The molecule has 21 heavy (non-hydrogen) atoms. The van der Waals surface area contributed by atoms with Gasteiger partial charge in [-0.1, -0.05) is 0 Å². The van der Waals surface area contributed by atoms with Crippen molar-refractivity contribution < 1.29 is 23.9 Å². The van der Waals surface area contributed by atoms with Crippen LogP contribution in [0.4, 0.5) is 10.1 Å². The van der Waals surface area contributed by atoms with Crippen LogP contribution in [0.15, 0.2) is 36.7 Å². The first kappa shape index (κ1) is 12.9. The number of pyridine rings is 1. The molecule has 0 bridgehead atoms. The van der Waals surface area contributed by atoms with E-state index in [1.807, 2.05) is 0 Å². The van der Waals surface area contributed by atoms with Gasteiger partial charge in [-0.3, -0.25) is 14.6 Å². The highest BCUT2D eigenvalue weighted by molar-refractivity contribution is 6.34. The molecule has 0 fully saturated rings. The summed E-state index contributed by atoms with van der Waals surface area (Å²) < 4.78 is 13.9. The maximum Gasteiger partial charge on any atom is 0.335 e. The summed E-state index contributed by atoms with van der Waals surface area (Å²) in [6, 6.07) is 4.27. The Morgan fingerprint density at radius 1 is 1.14 bits per heavy atom. The maximum absolute atomic E-state index is 13.9. The molecule has 0 aliphatic carbocycles. The van der Waals surface area contributed by atoms with Crippen molar-refractivity contribution in [1.82, 2.24) is 4.98 Å². The number of carbonyl (C=O) groups is 3. The minimum Gasteiger partial charge on any atom is -0.478 e. The zero-order valence-electron chi connectivity index (χ0n) is 10.4. The number of fused-ring (bicyclic) bond motifs is 1. The van der Waals surface area contributed by atoms with Gasteiger partial charge in [0.15, 0.2) is 0 Å². The van der Waals surface area contributed by atoms with Crippen molar-refractivity contribution in [2.75, 3.05) is 4.90 Å². The number of carbonyl (C=O) groups excluding carboxylic acids is 2. The number of benzene rings is 1. The lowest BCUT2D eigenvalue weighted by molar-refractivity contribution is 0.0695. The minimum absolute atomic E-state index is 0.0580. The fraction of sp³-hybridized carbons (Fsp3) is 0. The van der Waals surface area contributed by atoms with Crippen molar-refractivity contribution in [2.45, 2.75) is 0 Å². The van der Waals surface area contributed by atoms with Gasteiger partial charge in [0.1, 0.15) is 5.82 Å². The molecular weight excluding hydrogens is 279 g/mol. The monoisotopic (exact) mass is 286 g/mol. The van der Waals surface area contributed by atoms with Gasteiger partial charge >= 0.3 is 5.97 Å². The highest BCUT2D eigenvalue weighted by Gasteiger charge is 2.38. The molecule has 0 saturated carbocycles. The van der Waals surface area contributed by atoms with Gasteiger partial charge in [0.05, 0.1) is 22.4 Å². The number of hydrogen-bond donors (Lipinski definition) is 1. The van der Waals surface area contributed by atoms with Crippen molar-refractivity contribution in [2.24, 2.45) is 0 Å². The van der Waals surface area contributed by atoms with Gasteiger partial charge in [0.2, 0.25) is 0 Å². The topological polar surface area (TPSA) is 87.6 Å². The Morgan fingerprint density at radius 2 is 1.86 bits per heavy atom. The van der Waals surface area contributed by atoms with Gasteiger partial charge in [-0.25, -0.2) is 14.1 Å². The zero-order chi connectivity index (χ0) is 15.1. The average molecular weight is 286 g/mol. The summed E-state index contributed by atoms with van der Waals surface area (Å²) in [5.41, 5.74) is -0.445. The first-order valence-electron chi connectivity index (χ1n) is 5.86. The highest BCUT2D eigenvalue weighted by Crippen LogP contribution is 2.30. The Kier molecular flexibility index (Phi) is 2.76. The summed E-state index contributed by atoms with van der Waals surface area (Å²) in [6.07, 6.45) is 2.56. The molecular formula is C14H7FN2O4. The van der Waals surface area contributed by atoms with Gasteiger partial charge in [-0.05, 0) is 24.3 Å². The van der Waals surface area contributed by atoms with Crippen LogP contribution in [0.3, 0.4) is 0 Å². The fourth-order valence-electron chi connectivity index (χ4n) is 2.12. The number of imide groups is 1. The molecule has 7 heteroatoms. The van der Waals surface area contributed by atoms with Gasteiger partial charge in [0.25, 0.3) is 11.8 Å². The van der Waals surface area contributed by atoms with Crippen LogP contribution in [0.5, 0.6) is 0 Å². The SMILES string of the molecule is O=C(O)c1ccc(F)c(N2C(=O)c3ccncc3C2=O)c1. The Labute approximate surface area is 117 Å². The summed E-state index contributed by atoms with van der Waals surface area (Å²) in [5, 5.41) is 8.93. The molecule has 0 atom stereocenters. The van der Waals surface area contributed by atoms with Crippen molar-refractivity contribution in [1.29, 1.82) is 0 Å². The second-order valence-corrected chi connectivity index (χ2v) is 4.34. The Balaban J connectivity index is 2.15. The molecule has 1 aromatic carbocycles. The number of carboxylic acids is 1. The van der Waals surface area contributed by atoms with E-state index in [1.165, 1.54) is 18.5 Å². The first-order chi connectivity index (χ1) is 10.0. The average Bonchev–Trinajstić information content (AvgIpc) is 2.72. The van der Waals surface area contributed by atoms with Crippen LogP contribution in [0, 0.1) is 5.82 Å². The quantitative estimate of drug-likeness (QED) is 0.849. The molecule has 104 valence electrons. The van der Waals surface area contributed by atoms with E-state index in [-0.39, 0.29) is 22.4 Å². The lowest BCUT2D eigenvalue weighted by Crippen LogP contribution is -2.30. The van der Waals surface area contributed by atoms with Gasteiger partial charge in [-0.2, -0.15) is 0 Å². The van der Waals surface area contributed by atoms with E-state index >= 15 is 0 Å². The summed E-state index contributed by atoms with van der Waals surface area (Å²) in [4.78, 5) is 39.7. The summed E-state index contributed by atoms with van der Waals surface area (Å²) in [6.45, 7) is 0. The second kappa shape index (κ2) is 4.48. The lowest BCUT2D eigenvalue weighted by atomic mass is 10.2. The van der Waals surface area contributed by atoms with Crippen molar-refractivity contribution in [3.05, 3.63) is 59.2 Å². The van der Waals surface area contributed by atoms with Crippen molar-refractivity contribution >= 4 is 23.5 Å². The van der Waals surface area contributed by atoms with Crippen LogP contribution in [0.2, 0.25) is 0 Å². The summed E-state index contributed by atoms with van der Waals surface area (Å²) in [7, 11) is 0. The van der Waals surface area contributed by atoms with Crippen LogP contribution in [0.25, 0.3) is 0 Å². The molecule has 1 aliphatic rings. The lowest BCUT2D eigenvalue weighted by Gasteiger charge is -2.15. The standard InChI is InChI=1S/C14H7FN2O4/c15-10-2-1-7(14(20)21)5-11(10)17-12(18)8-3-4-16-6-9(8)13(17)19/h1-6H,(H,20,21). The van der Waals surface area contributed by atoms with Crippen molar-refractivity contribution in [3.8, 4) is 0 Å².